The van der Waals surface area contributed by atoms with E-state index in [-0.39, 0.29) is 12.4 Å². The molecule has 0 aliphatic carbocycles. The second-order valence-corrected chi connectivity index (χ2v) is 2.82. The maximum Gasteiger partial charge on any atom is 0.335 e. The molecule has 0 rings (SSSR count). The van der Waals surface area contributed by atoms with Crippen LogP contribution in [0.25, 0.3) is 0 Å². The van der Waals surface area contributed by atoms with E-state index in [1.54, 1.807) is 13.8 Å². The minimum absolute atomic E-state index is 0.192. The molecule has 0 amide bonds. The zero-order valence-electron chi connectivity index (χ0n) is 8.24. The predicted octanol–water partition coefficient (Wildman–Crippen LogP) is 0.526. The summed E-state index contributed by atoms with van der Waals surface area (Å²) in [5.74, 6) is -1.55. The molecule has 1 N–H and O–H groups in total. The molecule has 4 nitrogen and oxygen atoms in total. The van der Waals surface area contributed by atoms with Crippen LogP contribution in [0.2, 0.25) is 0 Å². The molecule has 0 aliphatic rings. The molecule has 0 aromatic carbocycles. The van der Waals surface area contributed by atoms with Gasteiger partial charge < -0.3 is 9.84 Å². The van der Waals surface area contributed by atoms with Crippen molar-refractivity contribution in [1.29, 1.82) is 0 Å². The number of rotatable bonds is 5. The van der Waals surface area contributed by atoms with E-state index < -0.39 is 18.0 Å². The van der Waals surface area contributed by atoms with Crippen LogP contribution < -0.4 is 0 Å². The smallest absolute Gasteiger partial charge is 0.335 e. The lowest BCUT2D eigenvalue weighted by atomic mass is 9.95. The van der Waals surface area contributed by atoms with Gasteiger partial charge in [0, 0.05) is 0 Å². The lowest BCUT2D eigenvalue weighted by Gasteiger charge is -2.16. The van der Waals surface area contributed by atoms with E-state index in [9.17, 15) is 14.7 Å². The zero-order valence-corrected chi connectivity index (χ0v) is 8.24. The first kappa shape index (κ1) is 12.1. The predicted molar refractivity (Wildman–Crippen MR) is 47.1 cm³/mol. The first-order chi connectivity index (χ1) is 6.04. The van der Waals surface area contributed by atoms with Crippen molar-refractivity contribution < 1.29 is 19.4 Å². The Morgan fingerprint density at radius 3 is 2.23 bits per heavy atom. The summed E-state index contributed by atoms with van der Waals surface area (Å²) in [6.07, 6.45) is -0.877. The summed E-state index contributed by atoms with van der Waals surface area (Å²) in [6, 6.07) is 0. The summed E-state index contributed by atoms with van der Waals surface area (Å²) < 4.78 is 4.60. The van der Waals surface area contributed by atoms with Crippen molar-refractivity contribution in [2.24, 2.45) is 5.92 Å². The van der Waals surface area contributed by atoms with Crippen molar-refractivity contribution in [2.75, 3.05) is 6.61 Å². The standard InChI is InChI=1S/C9H16O4/c1-4-7(6(3)10)8(11)9(12)13-5-2/h7-8,11H,4-5H2,1-3H3/t7-,8-/m1/s1. The van der Waals surface area contributed by atoms with Crippen molar-refractivity contribution in [3.8, 4) is 0 Å². The highest BCUT2D eigenvalue weighted by atomic mass is 16.5. The topological polar surface area (TPSA) is 63.6 Å². The molecule has 0 aliphatic heterocycles. The minimum Gasteiger partial charge on any atom is -0.464 e. The van der Waals surface area contributed by atoms with Gasteiger partial charge in [0.05, 0.1) is 12.5 Å². The molecular weight excluding hydrogens is 172 g/mol. The van der Waals surface area contributed by atoms with E-state index in [1.165, 1.54) is 6.92 Å². The Morgan fingerprint density at radius 1 is 1.38 bits per heavy atom. The van der Waals surface area contributed by atoms with Crippen molar-refractivity contribution in [3.05, 3.63) is 0 Å². The number of carbonyl (C=O) groups excluding carboxylic acids is 2. The maximum absolute atomic E-state index is 11.0. The van der Waals surface area contributed by atoms with Gasteiger partial charge in [0.15, 0.2) is 6.10 Å². The largest absolute Gasteiger partial charge is 0.464 e. The molecule has 0 aromatic heterocycles. The van der Waals surface area contributed by atoms with Crippen molar-refractivity contribution >= 4 is 11.8 Å². The fourth-order valence-electron chi connectivity index (χ4n) is 1.12. The van der Waals surface area contributed by atoms with E-state index in [2.05, 4.69) is 4.74 Å². The summed E-state index contributed by atoms with van der Waals surface area (Å²) in [5, 5.41) is 9.38. The molecule has 0 heterocycles. The van der Waals surface area contributed by atoms with Gasteiger partial charge in [-0.05, 0) is 20.3 Å². The summed E-state index contributed by atoms with van der Waals surface area (Å²) in [6.45, 7) is 4.97. The highest BCUT2D eigenvalue weighted by molar-refractivity contribution is 5.86. The molecule has 0 saturated carbocycles. The van der Waals surface area contributed by atoms with Crippen LogP contribution in [0.3, 0.4) is 0 Å². The third-order valence-corrected chi connectivity index (χ3v) is 1.87. The molecule has 13 heavy (non-hydrogen) atoms. The average molecular weight is 188 g/mol. The first-order valence-electron chi connectivity index (χ1n) is 4.39. The monoisotopic (exact) mass is 188 g/mol. The number of Topliss-reactive ketones (excluding diaryl/α,β-unsaturated/α-hetero) is 1. The lowest BCUT2D eigenvalue weighted by molar-refractivity contribution is -0.158. The van der Waals surface area contributed by atoms with E-state index in [4.69, 9.17) is 0 Å². The number of carbonyl (C=O) groups is 2. The summed E-state index contributed by atoms with van der Waals surface area (Å²) >= 11 is 0. The Hall–Kier alpha value is -0.900. The van der Waals surface area contributed by atoms with Gasteiger partial charge in [0.2, 0.25) is 0 Å². The second-order valence-electron chi connectivity index (χ2n) is 2.82. The maximum atomic E-state index is 11.0. The Kier molecular flexibility index (Phi) is 5.30. The van der Waals surface area contributed by atoms with Crippen LogP contribution in [0, 0.1) is 5.92 Å². The van der Waals surface area contributed by atoms with Crippen LogP contribution in [0.5, 0.6) is 0 Å². The number of esters is 1. The normalized spacial score (nSPS) is 14.8. The SMILES string of the molecule is CCOC(=O)[C@H](O)[C@H](CC)C(C)=O. The highest BCUT2D eigenvalue weighted by Gasteiger charge is 2.28. The van der Waals surface area contributed by atoms with Gasteiger partial charge in [0.25, 0.3) is 0 Å². The van der Waals surface area contributed by atoms with Crippen LogP contribution in [-0.4, -0.2) is 29.6 Å². The molecule has 0 aromatic rings. The molecule has 76 valence electrons. The van der Waals surface area contributed by atoms with E-state index >= 15 is 0 Å². The number of hydrogen-bond acceptors (Lipinski definition) is 4. The second kappa shape index (κ2) is 5.70. The van der Waals surface area contributed by atoms with E-state index in [0.29, 0.717) is 6.42 Å². The van der Waals surface area contributed by atoms with Crippen LogP contribution in [-0.2, 0) is 14.3 Å². The van der Waals surface area contributed by atoms with Gasteiger partial charge in [-0.15, -0.1) is 0 Å². The molecular formula is C9H16O4. The van der Waals surface area contributed by atoms with Crippen LogP contribution in [0.4, 0.5) is 0 Å². The van der Waals surface area contributed by atoms with Crippen LogP contribution in [0.15, 0.2) is 0 Å². The van der Waals surface area contributed by atoms with Crippen molar-refractivity contribution in [2.45, 2.75) is 33.3 Å². The Morgan fingerprint density at radius 2 is 1.92 bits per heavy atom. The van der Waals surface area contributed by atoms with E-state index in [1.807, 2.05) is 0 Å². The fourth-order valence-corrected chi connectivity index (χ4v) is 1.12. The van der Waals surface area contributed by atoms with E-state index in [0.717, 1.165) is 0 Å². The molecule has 0 unspecified atom stereocenters. The molecule has 4 heteroatoms. The van der Waals surface area contributed by atoms with Crippen molar-refractivity contribution in [3.63, 3.8) is 0 Å². The molecule has 0 fully saturated rings. The van der Waals surface area contributed by atoms with Gasteiger partial charge >= 0.3 is 5.97 Å². The Labute approximate surface area is 77.9 Å². The molecule has 0 radical (unpaired) electrons. The Balaban J connectivity index is 4.27. The number of ether oxygens (including phenoxy) is 1. The molecule has 0 saturated heterocycles. The number of aliphatic hydroxyl groups is 1. The number of aliphatic hydroxyl groups excluding tert-OH is 1. The fraction of sp³-hybridized carbons (Fsp3) is 0.778. The third kappa shape index (κ3) is 3.55. The first-order valence-corrected chi connectivity index (χ1v) is 4.39. The van der Waals surface area contributed by atoms with Crippen molar-refractivity contribution in [1.82, 2.24) is 0 Å². The summed E-state index contributed by atoms with van der Waals surface area (Å²) in [5.41, 5.74) is 0. The Bertz CT molecular complexity index is 188. The van der Waals surface area contributed by atoms with Gasteiger partial charge in [-0.1, -0.05) is 6.92 Å². The quantitative estimate of drug-likeness (QED) is 0.639. The lowest BCUT2D eigenvalue weighted by Crippen LogP contribution is -2.34. The highest BCUT2D eigenvalue weighted by Crippen LogP contribution is 2.11. The van der Waals surface area contributed by atoms with Crippen LogP contribution >= 0.6 is 0 Å². The number of ketones is 1. The summed E-state index contributed by atoms with van der Waals surface area (Å²) in [7, 11) is 0. The third-order valence-electron chi connectivity index (χ3n) is 1.87. The van der Waals surface area contributed by atoms with Crippen LogP contribution in [0.1, 0.15) is 27.2 Å². The van der Waals surface area contributed by atoms with Gasteiger partial charge in [-0.25, -0.2) is 4.79 Å². The molecule has 0 spiro atoms. The van der Waals surface area contributed by atoms with Gasteiger partial charge in [-0.3, -0.25) is 4.79 Å². The number of hydrogen-bond donors (Lipinski definition) is 1. The average Bonchev–Trinajstić information content (AvgIpc) is 2.05. The summed E-state index contributed by atoms with van der Waals surface area (Å²) in [4.78, 5) is 22.0. The minimum atomic E-state index is -1.32. The molecule has 2 atom stereocenters. The van der Waals surface area contributed by atoms with Gasteiger partial charge in [-0.2, -0.15) is 0 Å². The zero-order chi connectivity index (χ0) is 10.4. The molecule has 0 bridgehead atoms. The van der Waals surface area contributed by atoms with Gasteiger partial charge in [0.1, 0.15) is 5.78 Å².